The quantitative estimate of drug-likeness (QED) is 0.846. The minimum Gasteiger partial charge on any atom is -0.447 e. The van der Waals surface area contributed by atoms with Crippen LogP contribution in [0.2, 0.25) is 0 Å². The fourth-order valence-electron chi connectivity index (χ4n) is 2.45. The lowest BCUT2D eigenvalue weighted by molar-refractivity contribution is 0.0937. The van der Waals surface area contributed by atoms with Gasteiger partial charge in [0, 0.05) is 12.0 Å². The molecule has 0 aliphatic heterocycles. The Balaban J connectivity index is 2.04. The number of nitrogens with zero attached hydrogens (tertiary/aromatic N) is 1. The van der Waals surface area contributed by atoms with E-state index in [0.717, 1.165) is 12.8 Å². The zero-order valence-corrected chi connectivity index (χ0v) is 11.9. The van der Waals surface area contributed by atoms with E-state index in [1.54, 1.807) is 0 Å². The van der Waals surface area contributed by atoms with Crippen molar-refractivity contribution < 1.29 is 9.21 Å². The molecule has 0 fully saturated rings. The predicted octanol–water partition coefficient (Wildman–Crippen LogP) is 3.42. The van der Waals surface area contributed by atoms with Crippen LogP contribution in [0.1, 0.15) is 68.6 Å². The Morgan fingerprint density at radius 2 is 2.16 bits per heavy atom. The van der Waals surface area contributed by atoms with Crippen LogP contribution in [-0.2, 0) is 0 Å². The molecule has 1 aromatic heterocycles. The highest BCUT2D eigenvalue weighted by atomic mass is 16.3. The van der Waals surface area contributed by atoms with Gasteiger partial charge in [-0.05, 0) is 32.6 Å². The fraction of sp³-hybridized carbons (Fsp3) is 0.600. The monoisotopic (exact) mass is 262 g/mol. The van der Waals surface area contributed by atoms with Gasteiger partial charge in [0.1, 0.15) is 5.76 Å². The smallest absolute Gasteiger partial charge is 0.274 e. The van der Waals surface area contributed by atoms with Gasteiger partial charge in [0.25, 0.3) is 5.91 Å². The Hall–Kier alpha value is -1.58. The topological polar surface area (TPSA) is 55.1 Å². The Labute approximate surface area is 114 Å². The van der Waals surface area contributed by atoms with Crippen molar-refractivity contribution in [3.8, 4) is 0 Å². The molecule has 1 aliphatic carbocycles. The molecule has 2 rings (SSSR count). The van der Waals surface area contributed by atoms with Gasteiger partial charge in [-0.1, -0.05) is 25.5 Å². The lowest BCUT2D eigenvalue weighted by atomic mass is 9.94. The van der Waals surface area contributed by atoms with Gasteiger partial charge in [0.2, 0.25) is 0 Å². The van der Waals surface area contributed by atoms with E-state index in [4.69, 9.17) is 4.42 Å². The van der Waals surface area contributed by atoms with Gasteiger partial charge in [-0.2, -0.15) is 0 Å². The van der Waals surface area contributed by atoms with Crippen molar-refractivity contribution >= 4 is 5.91 Å². The molecule has 19 heavy (non-hydrogen) atoms. The van der Waals surface area contributed by atoms with E-state index in [9.17, 15) is 4.79 Å². The minimum absolute atomic E-state index is 0.0736. The summed E-state index contributed by atoms with van der Waals surface area (Å²) in [5.74, 6) is 0.672. The Morgan fingerprint density at radius 1 is 1.37 bits per heavy atom. The van der Waals surface area contributed by atoms with E-state index in [-0.39, 0.29) is 17.9 Å². The number of oxazole rings is 1. The van der Waals surface area contributed by atoms with Crippen molar-refractivity contribution in [1.29, 1.82) is 0 Å². The second-order valence-corrected chi connectivity index (χ2v) is 5.44. The molecule has 1 atom stereocenters. The average Bonchev–Trinajstić information content (AvgIpc) is 2.89. The number of carbonyl (C=O) groups excluding carboxylic acids is 1. The second kappa shape index (κ2) is 6.04. The molecular formula is C15H22N2O2. The molecular weight excluding hydrogens is 240 g/mol. The summed E-state index contributed by atoms with van der Waals surface area (Å²) in [6.45, 7) is 6.01. The van der Waals surface area contributed by atoms with E-state index in [1.807, 2.05) is 20.8 Å². The molecule has 0 aromatic carbocycles. The molecule has 0 spiro atoms. The SMILES string of the molecule is CC(C)c1ocnc1C(=O)N[C@@H](C)C1=CCCCC1. The van der Waals surface area contributed by atoms with Gasteiger partial charge in [0.15, 0.2) is 12.1 Å². The van der Waals surface area contributed by atoms with Crippen molar-refractivity contribution in [1.82, 2.24) is 10.3 Å². The van der Waals surface area contributed by atoms with E-state index >= 15 is 0 Å². The number of hydrogen-bond donors (Lipinski definition) is 1. The van der Waals surface area contributed by atoms with Gasteiger partial charge < -0.3 is 9.73 Å². The van der Waals surface area contributed by atoms with Crippen molar-refractivity contribution in [2.45, 2.75) is 58.4 Å². The summed E-state index contributed by atoms with van der Waals surface area (Å²) in [5, 5.41) is 3.02. The summed E-state index contributed by atoms with van der Waals surface area (Å²) in [7, 11) is 0. The van der Waals surface area contributed by atoms with Gasteiger partial charge in [-0.25, -0.2) is 4.98 Å². The highest BCUT2D eigenvalue weighted by Crippen LogP contribution is 2.21. The maximum atomic E-state index is 12.2. The number of rotatable bonds is 4. The number of allylic oxidation sites excluding steroid dienone is 1. The molecule has 0 saturated heterocycles. The molecule has 1 amide bonds. The summed E-state index contributed by atoms with van der Waals surface area (Å²) in [6, 6.07) is 0.0736. The zero-order valence-electron chi connectivity index (χ0n) is 11.9. The van der Waals surface area contributed by atoms with Gasteiger partial charge >= 0.3 is 0 Å². The zero-order chi connectivity index (χ0) is 13.8. The van der Waals surface area contributed by atoms with Gasteiger partial charge in [-0.3, -0.25) is 4.79 Å². The molecule has 1 N–H and O–H groups in total. The molecule has 1 aromatic rings. The Morgan fingerprint density at radius 3 is 2.79 bits per heavy atom. The summed E-state index contributed by atoms with van der Waals surface area (Å²) < 4.78 is 5.29. The van der Waals surface area contributed by atoms with Crippen LogP contribution in [0.3, 0.4) is 0 Å². The van der Waals surface area contributed by atoms with Crippen molar-refractivity contribution in [3.63, 3.8) is 0 Å². The average molecular weight is 262 g/mol. The molecule has 104 valence electrons. The highest BCUT2D eigenvalue weighted by molar-refractivity contribution is 5.93. The van der Waals surface area contributed by atoms with Crippen LogP contribution >= 0.6 is 0 Å². The van der Waals surface area contributed by atoms with Crippen molar-refractivity contribution in [2.24, 2.45) is 0 Å². The number of nitrogens with one attached hydrogen (secondary N) is 1. The summed E-state index contributed by atoms with van der Waals surface area (Å²) in [5.41, 5.74) is 1.74. The van der Waals surface area contributed by atoms with Crippen LogP contribution in [0.5, 0.6) is 0 Å². The summed E-state index contributed by atoms with van der Waals surface area (Å²) >= 11 is 0. The van der Waals surface area contributed by atoms with E-state index in [1.165, 1.54) is 24.8 Å². The third-order valence-corrected chi connectivity index (χ3v) is 3.56. The highest BCUT2D eigenvalue weighted by Gasteiger charge is 2.21. The third kappa shape index (κ3) is 3.25. The van der Waals surface area contributed by atoms with Crippen LogP contribution in [0.15, 0.2) is 22.5 Å². The number of hydrogen-bond acceptors (Lipinski definition) is 3. The van der Waals surface area contributed by atoms with Crippen LogP contribution in [-0.4, -0.2) is 16.9 Å². The molecule has 0 bridgehead atoms. The minimum atomic E-state index is -0.142. The molecule has 4 nitrogen and oxygen atoms in total. The molecule has 4 heteroatoms. The molecule has 0 saturated carbocycles. The molecule has 0 unspecified atom stereocenters. The normalized spacial score (nSPS) is 17.2. The standard InChI is InChI=1S/C15H22N2O2/c1-10(2)14-13(16-9-19-14)15(18)17-11(3)12-7-5-4-6-8-12/h7,9-11H,4-6,8H2,1-3H3,(H,17,18)/t11-/m0/s1. The van der Waals surface area contributed by atoms with Crippen LogP contribution in [0.25, 0.3) is 0 Å². The first-order valence-electron chi connectivity index (χ1n) is 7.02. The number of amides is 1. The maximum Gasteiger partial charge on any atom is 0.274 e. The largest absolute Gasteiger partial charge is 0.447 e. The fourth-order valence-corrected chi connectivity index (χ4v) is 2.45. The van der Waals surface area contributed by atoms with E-state index < -0.39 is 0 Å². The number of aromatic nitrogens is 1. The summed E-state index contributed by atoms with van der Waals surface area (Å²) in [6.07, 6.45) is 8.27. The summed E-state index contributed by atoms with van der Waals surface area (Å²) in [4.78, 5) is 16.3. The first-order chi connectivity index (χ1) is 9.09. The first kappa shape index (κ1) is 13.8. The predicted molar refractivity (Wildman–Crippen MR) is 74.1 cm³/mol. The van der Waals surface area contributed by atoms with Crippen LogP contribution < -0.4 is 5.32 Å². The Bertz CT molecular complexity index is 474. The lowest BCUT2D eigenvalue weighted by Crippen LogP contribution is -2.35. The molecule has 0 radical (unpaired) electrons. The van der Waals surface area contributed by atoms with Gasteiger partial charge in [0.05, 0.1) is 0 Å². The van der Waals surface area contributed by atoms with Crippen LogP contribution in [0.4, 0.5) is 0 Å². The third-order valence-electron chi connectivity index (χ3n) is 3.56. The maximum absolute atomic E-state index is 12.2. The van der Waals surface area contributed by atoms with Crippen molar-refractivity contribution in [3.05, 3.63) is 29.5 Å². The number of carbonyl (C=O) groups is 1. The van der Waals surface area contributed by atoms with Gasteiger partial charge in [-0.15, -0.1) is 0 Å². The van der Waals surface area contributed by atoms with E-state index in [2.05, 4.69) is 16.4 Å². The van der Waals surface area contributed by atoms with Crippen molar-refractivity contribution in [2.75, 3.05) is 0 Å². The van der Waals surface area contributed by atoms with Crippen LogP contribution in [0, 0.1) is 0 Å². The lowest BCUT2D eigenvalue weighted by Gasteiger charge is -2.20. The second-order valence-electron chi connectivity index (χ2n) is 5.44. The van der Waals surface area contributed by atoms with E-state index in [0.29, 0.717) is 11.5 Å². The molecule has 1 aliphatic rings. The molecule has 1 heterocycles. The Kier molecular flexibility index (Phi) is 4.40. The first-order valence-corrected chi connectivity index (χ1v) is 7.02.